The van der Waals surface area contributed by atoms with Gasteiger partial charge in [0.05, 0.1) is 25.6 Å². The molecule has 10 nitrogen and oxygen atoms in total. The predicted octanol–water partition coefficient (Wildman–Crippen LogP) is 12.6. The van der Waals surface area contributed by atoms with E-state index in [-0.39, 0.29) is 10.8 Å². The van der Waals surface area contributed by atoms with Gasteiger partial charge >= 0.3 is 0 Å². The Morgan fingerprint density at radius 3 is 1.11 bits per heavy atom. The maximum atomic E-state index is 5.29. The van der Waals surface area contributed by atoms with Crippen LogP contribution in [-0.4, -0.2) is 27.3 Å². The largest absolute Gasteiger partial charge is 0.497 e. The molecule has 0 atom stereocenters. The highest BCUT2D eigenvalue weighted by molar-refractivity contribution is 5.72. The van der Waals surface area contributed by atoms with Crippen molar-refractivity contribution in [3.63, 3.8) is 0 Å². The van der Waals surface area contributed by atoms with E-state index in [2.05, 4.69) is 179 Å². The van der Waals surface area contributed by atoms with E-state index in [0.29, 0.717) is 0 Å². The third-order valence-corrected chi connectivity index (χ3v) is 12.5. The molecular formula is C54H62N8O2. The number of para-hydroxylation sites is 2. The van der Waals surface area contributed by atoms with Gasteiger partial charge in [-0.15, -0.1) is 0 Å². The second-order valence-electron chi connectivity index (χ2n) is 17.5. The van der Waals surface area contributed by atoms with E-state index in [1.165, 1.54) is 33.9 Å². The molecule has 0 radical (unpaired) electrons. The molecule has 0 saturated heterocycles. The lowest BCUT2D eigenvalue weighted by Gasteiger charge is -2.28. The Kier molecular flexibility index (Phi) is 13.2. The molecule has 6 aromatic carbocycles. The summed E-state index contributed by atoms with van der Waals surface area (Å²) in [5, 5.41) is 6.90. The summed E-state index contributed by atoms with van der Waals surface area (Å²) in [6.07, 6.45) is 8.78. The number of rotatable bonds is 19. The van der Waals surface area contributed by atoms with Crippen LogP contribution in [-0.2, 0) is 10.8 Å². The van der Waals surface area contributed by atoms with Gasteiger partial charge in [-0.25, -0.2) is 0 Å². The summed E-state index contributed by atoms with van der Waals surface area (Å²) < 4.78 is 10.6. The summed E-state index contributed by atoms with van der Waals surface area (Å²) in [4.78, 5) is 5.02. The number of nitrogens with zero attached hydrogens (tertiary/aromatic N) is 2. The van der Waals surface area contributed by atoms with Gasteiger partial charge in [0.25, 0.3) is 0 Å². The summed E-state index contributed by atoms with van der Waals surface area (Å²) in [5.41, 5.74) is 27.2. The van der Waals surface area contributed by atoms with Gasteiger partial charge in [-0.3, -0.25) is 0 Å². The molecular weight excluding hydrogens is 793 g/mol. The first-order chi connectivity index (χ1) is 31.1. The quantitative estimate of drug-likeness (QED) is 0.0349. The Labute approximate surface area is 379 Å². The highest BCUT2D eigenvalue weighted by Gasteiger charge is 2.41. The lowest BCUT2D eigenvalue weighted by Crippen LogP contribution is -2.30. The number of fused-ring (bicyclic) bond motifs is 2. The lowest BCUT2D eigenvalue weighted by molar-refractivity contribution is 0.415. The van der Waals surface area contributed by atoms with Crippen molar-refractivity contribution in [2.75, 3.05) is 58.6 Å². The zero-order valence-corrected chi connectivity index (χ0v) is 38.0. The van der Waals surface area contributed by atoms with Crippen LogP contribution in [0.25, 0.3) is 0 Å². The summed E-state index contributed by atoms with van der Waals surface area (Å²) >= 11 is 0. The third-order valence-electron chi connectivity index (χ3n) is 12.5. The average Bonchev–Trinajstić information content (AvgIpc) is 3.67. The summed E-state index contributed by atoms with van der Waals surface area (Å²) in [6.45, 7) is 11.2. The van der Waals surface area contributed by atoms with Crippen molar-refractivity contribution in [1.82, 2.24) is 10.9 Å². The fraction of sp³-hybridized carbons (Fsp3) is 0.259. The number of nitrogens with one attached hydrogen (secondary N) is 6. The van der Waals surface area contributed by atoms with Crippen molar-refractivity contribution in [1.29, 1.82) is 0 Å². The second-order valence-corrected chi connectivity index (χ2v) is 17.5. The number of unbranched alkanes of at least 4 members (excludes halogenated alkanes) is 3. The molecule has 6 aromatic rings. The molecule has 8 rings (SSSR count). The number of anilines is 8. The molecule has 0 saturated carbocycles. The molecule has 0 fully saturated rings. The number of hydrogen-bond acceptors (Lipinski definition) is 10. The molecule has 0 bridgehead atoms. The van der Waals surface area contributed by atoms with Crippen LogP contribution in [0.1, 0.15) is 64.5 Å². The number of benzene rings is 6. The number of hydrogen-bond donors (Lipinski definition) is 6. The predicted molar refractivity (Wildman–Crippen MR) is 267 cm³/mol. The van der Waals surface area contributed by atoms with E-state index < -0.39 is 0 Å². The molecule has 0 aromatic heterocycles. The highest BCUT2D eigenvalue weighted by atomic mass is 16.5. The minimum absolute atomic E-state index is 0.141. The standard InChI is InChI=1S/C54H62N8O2/c1-53(2)47-15-9-11-17-49(47)61(51(53)37-55-59-43-23-19-39(20-24-43)57-41-27-31-45(63-5)32-28-41)35-13-7-8-14-36-62-50-18-12-10-16-48(50)54(3,4)52(62)38-56-60-44-25-21-40(22-26-44)58-42-29-33-46(64-6)34-30-42/h9-12,15-34,37-38,55-60H,7-8,13-14,35-36H2,1-6H3. The van der Waals surface area contributed by atoms with Crippen LogP contribution in [0, 0.1) is 0 Å². The molecule has 2 aliphatic rings. The van der Waals surface area contributed by atoms with Gasteiger partial charge in [0, 0.05) is 81.8 Å². The van der Waals surface area contributed by atoms with E-state index in [1.54, 1.807) is 14.2 Å². The smallest absolute Gasteiger partial charge is 0.119 e. The number of ether oxygens (including phenoxy) is 2. The fourth-order valence-corrected chi connectivity index (χ4v) is 8.91. The van der Waals surface area contributed by atoms with Gasteiger partial charge < -0.3 is 51.6 Å². The normalized spacial score (nSPS) is 15.7. The molecule has 0 unspecified atom stereocenters. The zero-order chi connectivity index (χ0) is 44.5. The van der Waals surface area contributed by atoms with Gasteiger partial charge in [0.1, 0.15) is 11.5 Å². The first-order valence-electron chi connectivity index (χ1n) is 22.3. The molecule has 2 heterocycles. The minimum Gasteiger partial charge on any atom is -0.497 e. The van der Waals surface area contributed by atoms with Gasteiger partial charge in [-0.1, -0.05) is 76.9 Å². The van der Waals surface area contributed by atoms with Crippen LogP contribution in [0.15, 0.2) is 169 Å². The molecule has 0 amide bonds. The maximum absolute atomic E-state index is 5.29. The first kappa shape index (κ1) is 43.4. The van der Waals surface area contributed by atoms with Gasteiger partial charge in [0.15, 0.2) is 0 Å². The van der Waals surface area contributed by atoms with Gasteiger partial charge in [-0.2, -0.15) is 0 Å². The first-order valence-corrected chi connectivity index (χ1v) is 22.3. The van der Waals surface area contributed by atoms with Crippen molar-refractivity contribution in [3.05, 3.63) is 181 Å². The van der Waals surface area contributed by atoms with Gasteiger partial charge in [-0.05, 0) is 133 Å². The van der Waals surface area contributed by atoms with E-state index >= 15 is 0 Å². The van der Waals surface area contributed by atoms with Crippen LogP contribution in [0.5, 0.6) is 11.5 Å². The van der Waals surface area contributed by atoms with Crippen LogP contribution in [0.4, 0.5) is 45.5 Å². The van der Waals surface area contributed by atoms with Crippen molar-refractivity contribution < 1.29 is 9.47 Å². The Morgan fingerprint density at radius 2 is 0.750 bits per heavy atom. The molecule has 0 aliphatic carbocycles. The van der Waals surface area contributed by atoms with E-state index in [4.69, 9.17) is 9.47 Å². The summed E-state index contributed by atoms with van der Waals surface area (Å²) in [6, 6.07) is 50.1. The maximum Gasteiger partial charge on any atom is 0.119 e. The van der Waals surface area contributed by atoms with E-state index in [9.17, 15) is 0 Å². The second kappa shape index (κ2) is 19.5. The van der Waals surface area contributed by atoms with Crippen LogP contribution >= 0.6 is 0 Å². The minimum atomic E-state index is -0.141. The SMILES string of the molecule is COc1ccc(Nc2ccc(NNC=C3N(CCCCCCN4C(=CNNc5ccc(Nc6ccc(OC)cc6)cc5)C(C)(C)c5ccccc54)c4ccccc4C3(C)C)cc2)cc1. The molecule has 330 valence electrons. The summed E-state index contributed by atoms with van der Waals surface area (Å²) in [5.74, 6) is 1.68. The fourth-order valence-electron chi connectivity index (χ4n) is 8.91. The van der Waals surface area contributed by atoms with Crippen LogP contribution < -0.4 is 51.6 Å². The Morgan fingerprint density at radius 1 is 0.422 bits per heavy atom. The van der Waals surface area contributed by atoms with Crippen LogP contribution in [0.2, 0.25) is 0 Å². The average molecular weight is 855 g/mol. The number of methoxy groups -OCH3 is 2. The van der Waals surface area contributed by atoms with Crippen molar-refractivity contribution in [3.8, 4) is 11.5 Å². The van der Waals surface area contributed by atoms with Crippen molar-refractivity contribution in [2.24, 2.45) is 0 Å². The Bertz CT molecular complexity index is 2350. The van der Waals surface area contributed by atoms with Crippen molar-refractivity contribution >= 4 is 45.5 Å². The highest BCUT2D eigenvalue weighted by Crippen LogP contribution is 2.48. The molecule has 64 heavy (non-hydrogen) atoms. The Balaban J connectivity index is 0.848. The molecule has 6 N–H and O–H groups in total. The molecule has 2 aliphatic heterocycles. The lowest BCUT2D eigenvalue weighted by atomic mass is 9.84. The van der Waals surface area contributed by atoms with Gasteiger partial charge in [0.2, 0.25) is 0 Å². The summed E-state index contributed by atoms with van der Waals surface area (Å²) in [7, 11) is 3.36. The Hall–Kier alpha value is -7.20. The van der Waals surface area contributed by atoms with Crippen LogP contribution in [0.3, 0.4) is 0 Å². The third kappa shape index (κ3) is 9.71. The monoisotopic (exact) mass is 854 g/mol. The zero-order valence-electron chi connectivity index (χ0n) is 38.0. The van der Waals surface area contributed by atoms with Crippen molar-refractivity contribution in [2.45, 2.75) is 64.2 Å². The van der Waals surface area contributed by atoms with E-state index in [1.807, 2.05) is 48.5 Å². The number of allylic oxidation sites excluding steroid dienone is 2. The molecule has 0 spiro atoms. The molecule has 10 heteroatoms. The topological polar surface area (TPSA) is 97.1 Å². The number of hydrazine groups is 2. The van der Waals surface area contributed by atoms with E-state index in [0.717, 1.165) is 84.4 Å².